The van der Waals surface area contributed by atoms with Crippen molar-refractivity contribution in [2.45, 2.75) is 81.3 Å². The monoisotopic (exact) mass is 752 g/mol. The van der Waals surface area contributed by atoms with Crippen LogP contribution < -0.4 is 25.2 Å². The van der Waals surface area contributed by atoms with E-state index in [0.29, 0.717) is 22.9 Å². The van der Waals surface area contributed by atoms with Crippen molar-refractivity contribution in [3.63, 3.8) is 0 Å². The van der Waals surface area contributed by atoms with Crippen LogP contribution in [0.1, 0.15) is 69.2 Å². The molecule has 0 aromatic heterocycles. The zero-order valence-corrected chi connectivity index (χ0v) is 34.4. The molecule has 2 rings (SSSR count). The second-order valence-electron chi connectivity index (χ2n) is 11.8. The number of amides is 2. The Labute approximate surface area is 318 Å². The molecule has 0 aliphatic rings. The van der Waals surface area contributed by atoms with Crippen molar-refractivity contribution in [2.24, 2.45) is 0 Å². The van der Waals surface area contributed by atoms with Crippen LogP contribution in [0.25, 0.3) is 0 Å². The van der Waals surface area contributed by atoms with E-state index in [1.165, 1.54) is 39.3 Å². The summed E-state index contributed by atoms with van der Waals surface area (Å²) < 4.78 is 6.38. The van der Waals surface area contributed by atoms with E-state index in [1.54, 1.807) is 68.1 Å². The number of hydrogen-bond donors (Lipinski definition) is 4. The van der Waals surface area contributed by atoms with Crippen LogP contribution in [-0.4, -0.2) is 94.7 Å². The first-order valence-corrected chi connectivity index (χ1v) is 18.9. The lowest BCUT2D eigenvalue weighted by Gasteiger charge is -2.31. The van der Waals surface area contributed by atoms with E-state index in [4.69, 9.17) is 54.4 Å². The molecule has 2 aromatic carbocycles. The van der Waals surface area contributed by atoms with Crippen LogP contribution in [0, 0.1) is 0 Å². The molecular weight excluding hydrogens is 693 g/mol. The van der Waals surface area contributed by atoms with E-state index in [0.717, 1.165) is 0 Å². The summed E-state index contributed by atoms with van der Waals surface area (Å²) in [6, 6.07) is 14.1. The molecule has 276 valence electrons. The fourth-order valence-corrected chi connectivity index (χ4v) is 5.58. The third-order valence-corrected chi connectivity index (χ3v) is 8.79. The summed E-state index contributed by atoms with van der Waals surface area (Å²) in [7, 11) is 0. The molecule has 0 radical (unpaired) electrons. The summed E-state index contributed by atoms with van der Waals surface area (Å²) in [5.74, 6) is 0.787. The van der Waals surface area contributed by atoms with E-state index in [2.05, 4.69) is 52.2 Å². The highest BCUT2D eigenvalue weighted by Gasteiger charge is 2.13. The van der Waals surface area contributed by atoms with Gasteiger partial charge in [0, 0.05) is 23.5 Å². The summed E-state index contributed by atoms with van der Waals surface area (Å²) in [5, 5.41) is 5.65. The number of carbonyl (C=O) groups is 2. The Morgan fingerprint density at radius 2 is 0.878 bits per heavy atom. The van der Waals surface area contributed by atoms with Crippen molar-refractivity contribution in [2.75, 3.05) is 63.0 Å². The SMILES string of the molecule is CC(C)N(CC(=O)Nc1ccc(Oc2ccc(NC(=O)CN(C(=S)[S-])C(C)C)cc2)cc1)C(=S)[S-].CC[NH+](CC)CC.CC[NH+](CC)CC. The number of nitrogens with zero attached hydrogens (tertiary/aromatic N) is 2. The average Bonchev–Trinajstić information content (AvgIpc) is 3.06. The molecule has 49 heavy (non-hydrogen) atoms. The molecule has 0 aliphatic heterocycles. The quantitative estimate of drug-likeness (QED) is 0.148. The number of thiocarbonyl (C=S) groups is 2. The molecule has 0 unspecified atom stereocenters. The molecule has 0 aliphatic carbocycles. The van der Waals surface area contributed by atoms with Crippen LogP contribution in [0.3, 0.4) is 0 Å². The summed E-state index contributed by atoms with van der Waals surface area (Å²) in [6.45, 7) is 28.9. The van der Waals surface area contributed by atoms with Crippen molar-refractivity contribution in [1.29, 1.82) is 0 Å². The third-order valence-electron chi connectivity index (χ3n) is 7.86. The van der Waals surface area contributed by atoms with Crippen LogP contribution in [0.15, 0.2) is 48.5 Å². The molecular formula is C36H60N6O3S4. The molecule has 4 N–H and O–H groups in total. The lowest BCUT2D eigenvalue weighted by Crippen LogP contribution is -3.11. The third kappa shape index (κ3) is 19.9. The van der Waals surface area contributed by atoms with Crippen molar-refractivity contribution in [3.05, 3.63) is 48.5 Å². The highest BCUT2D eigenvalue weighted by molar-refractivity contribution is 8.00. The predicted octanol–water partition coefficient (Wildman–Crippen LogP) is 4.30. The van der Waals surface area contributed by atoms with Gasteiger partial charge in [-0.15, -0.1) is 0 Å². The molecule has 0 heterocycles. The molecule has 9 nitrogen and oxygen atoms in total. The van der Waals surface area contributed by atoms with Gasteiger partial charge in [0.25, 0.3) is 0 Å². The van der Waals surface area contributed by atoms with Crippen LogP contribution in [-0.2, 0) is 34.8 Å². The Hall–Kier alpha value is -2.68. The molecule has 0 spiro atoms. The van der Waals surface area contributed by atoms with Crippen molar-refractivity contribution >= 4 is 81.5 Å². The summed E-state index contributed by atoms with van der Waals surface area (Å²) >= 11 is 20.1. The zero-order chi connectivity index (χ0) is 37.5. The van der Waals surface area contributed by atoms with E-state index in [1.807, 2.05) is 27.7 Å². The van der Waals surface area contributed by atoms with Crippen molar-refractivity contribution < 1.29 is 24.1 Å². The number of ether oxygens (including phenoxy) is 1. The van der Waals surface area contributed by atoms with Gasteiger partial charge in [-0.1, -0.05) is 8.64 Å². The molecule has 0 atom stereocenters. The number of nitrogens with one attached hydrogen (secondary N) is 4. The molecule has 0 saturated carbocycles. The van der Waals surface area contributed by atoms with Gasteiger partial charge in [-0.05, 0) is 118 Å². The zero-order valence-electron chi connectivity index (χ0n) is 31.2. The number of quaternary nitrogens is 2. The van der Waals surface area contributed by atoms with Crippen LogP contribution in [0.5, 0.6) is 11.5 Å². The minimum Gasteiger partial charge on any atom is -0.457 e. The maximum atomic E-state index is 12.3. The summed E-state index contributed by atoms with van der Waals surface area (Å²) in [4.78, 5) is 31.3. The van der Waals surface area contributed by atoms with Crippen LogP contribution in [0.2, 0.25) is 0 Å². The van der Waals surface area contributed by atoms with Gasteiger partial charge in [-0.2, -0.15) is 0 Å². The summed E-state index contributed by atoms with van der Waals surface area (Å²) in [6.07, 6.45) is 0. The van der Waals surface area contributed by atoms with Crippen molar-refractivity contribution in [3.8, 4) is 11.5 Å². The highest BCUT2D eigenvalue weighted by Crippen LogP contribution is 2.24. The number of hydrogen-bond acceptors (Lipinski definition) is 7. The Kier molecular flexibility index (Phi) is 24.7. The fourth-order valence-electron chi connectivity index (χ4n) is 4.48. The van der Waals surface area contributed by atoms with E-state index in [9.17, 15) is 9.59 Å². The van der Waals surface area contributed by atoms with Crippen molar-refractivity contribution in [1.82, 2.24) is 9.80 Å². The van der Waals surface area contributed by atoms with Gasteiger partial charge in [-0.25, -0.2) is 0 Å². The normalized spacial score (nSPS) is 10.5. The van der Waals surface area contributed by atoms with E-state index >= 15 is 0 Å². The first-order valence-electron chi connectivity index (χ1n) is 17.3. The molecule has 0 saturated heterocycles. The fraction of sp³-hybridized carbons (Fsp3) is 0.556. The van der Waals surface area contributed by atoms with Crippen LogP contribution in [0.4, 0.5) is 11.4 Å². The Balaban J connectivity index is 0.00000137. The topological polar surface area (TPSA) is 82.8 Å². The Morgan fingerprint density at radius 1 is 0.612 bits per heavy atom. The largest absolute Gasteiger partial charge is 0.457 e. The smallest absolute Gasteiger partial charge is 0.243 e. The van der Waals surface area contributed by atoms with Gasteiger partial charge in [0.05, 0.1) is 52.4 Å². The predicted molar refractivity (Wildman–Crippen MR) is 219 cm³/mol. The van der Waals surface area contributed by atoms with Gasteiger partial charge in [0.2, 0.25) is 11.8 Å². The standard InChI is InChI=1S/C24H30N4O3S4.2C6H15N/c1-15(2)27(23(32)33)13-21(29)25-17-5-9-19(10-6-17)31-20-11-7-18(8-12-20)26-22(30)14-28(16(3)4)24(34)35;2*1-4-7(5-2)6-3/h5-12,15-16H,13-14H2,1-4H3,(H,25,29)(H,26,30)(H,32,33)(H,34,35);2*4-6H2,1-3H3. The number of carbonyl (C=O) groups excluding carboxylic acids is 2. The maximum absolute atomic E-state index is 12.3. The Morgan fingerprint density at radius 3 is 1.06 bits per heavy atom. The summed E-state index contributed by atoms with van der Waals surface area (Å²) in [5.41, 5.74) is 1.27. The molecule has 13 heteroatoms. The second kappa shape index (κ2) is 26.2. The first kappa shape index (κ1) is 46.3. The lowest BCUT2D eigenvalue weighted by atomic mass is 10.2. The Bertz CT molecular complexity index is 1130. The number of rotatable bonds is 16. The van der Waals surface area contributed by atoms with Gasteiger partial charge in [0.1, 0.15) is 11.5 Å². The van der Waals surface area contributed by atoms with Gasteiger partial charge < -0.3 is 84.7 Å². The molecule has 2 amide bonds. The minimum atomic E-state index is -0.205. The molecule has 0 fully saturated rings. The van der Waals surface area contributed by atoms with Gasteiger partial charge >= 0.3 is 0 Å². The van der Waals surface area contributed by atoms with E-state index < -0.39 is 0 Å². The van der Waals surface area contributed by atoms with Gasteiger partial charge in [0.15, 0.2) is 0 Å². The lowest BCUT2D eigenvalue weighted by molar-refractivity contribution is -0.894. The average molecular weight is 753 g/mol. The number of benzene rings is 2. The first-order chi connectivity index (χ1) is 23.1. The molecule has 2 aromatic rings. The molecule has 0 bridgehead atoms. The minimum absolute atomic E-state index is 0.0426. The highest BCUT2D eigenvalue weighted by atomic mass is 32.1. The van der Waals surface area contributed by atoms with Gasteiger partial charge in [-0.3, -0.25) is 9.59 Å². The van der Waals surface area contributed by atoms with E-state index in [-0.39, 0.29) is 45.6 Å². The van der Waals surface area contributed by atoms with Crippen LogP contribution >= 0.6 is 24.4 Å². The number of anilines is 2. The second-order valence-corrected chi connectivity index (χ2v) is 13.9. The maximum Gasteiger partial charge on any atom is 0.243 e.